The van der Waals surface area contributed by atoms with Crippen LogP contribution in [0.25, 0.3) is 16.9 Å². The summed E-state index contributed by atoms with van der Waals surface area (Å²) in [5, 5.41) is 14.4. The van der Waals surface area contributed by atoms with Crippen molar-refractivity contribution in [3.63, 3.8) is 0 Å². The van der Waals surface area contributed by atoms with Crippen molar-refractivity contribution in [2.45, 2.75) is 26.7 Å². The van der Waals surface area contributed by atoms with Crippen LogP contribution in [0.3, 0.4) is 0 Å². The summed E-state index contributed by atoms with van der Waals surface area (Å²) in [4.78, 5) is 16.0. The van der Waals surface area contributed by atoms with Crippen molar-refractivity contribution >= 4 is 5.97 Å². The summed E-state index contributed by atoms with van der Waals surface area (Å²) in [6, 6.07) is 11.5. The van der Waals surface area contributed by atoms with E-state index in [0.717, 1.165) is 17.7 Å². The number of aromatic carboxylic acids is 1. The summed E-state index contributed by atoms with van der Waals surface area (Å²) < 4.78 is 1.74. The molecule has 0 radical (unpaired) electrons. The van der Waals surface area contributed by atoms with E-state index < -0.39 is 5.97 Å². The molecule has 2 aromatic heterocycles. The van der Waals surface area contributed by atoms with Gasteiger partial charge in [0, 0.05) is 18.0 Å². The number of hydrogen-bond acceptors (Lipinski definition) is 3. The molecule has 1 aromatic carbocycles. The first-order valence-corrected chi connectivity index (χ1v) is 7.94. The molecule has 0 saturated heterocycles. The first kappa shape index (κ1) is 15.9. The van der Waals surface area contributed by atoms with Gasteiger partial charge in [-0.25, -0.2) is 9.48 Å². The molecule has 0 amide bonds. The average Bonchev–Trinajstić information content (AvgIpc) is 2.96. The topological polar surface area (TPSA) is 68.0 Å². The van der Waals surface area contributed by atoms with Crippen molar-refractivity contribution < 1.29 is 9.90 Å². The maximum atomic E-state index is 11.9. The highest BCUT2D eigenvalue weighted by molar-refractivity contribution is 5.96. The summed E-state index contributed by atoms with van der Waals surface area (Å²) in [7, 11) is 0. The molecule has 0 atom stereocenters. The van der Waals surface area contributed by atoms with E-state index in [1.54, 1.807) is 23.1 Å². The maximum Gasteiger partial charge on any atom is 0.339 e. The van der Waals surface area contributed by atoms with Crippen molar-refractivity contribution in [2.24, 2.45) is 0 Å². The Morgan fingerprint density at radius 2 is 1.96 bits per heavy atom. The molecule has 0 aliphatic rings. The van der Waals surface area contributed by atoms with Gasteiger partial charge in [0.15, 0.2) is 0 Å². The quantitative estimate of drug-likeness (QED) is 0.774. The zero-order valence-electron chi connectivity index (χ0n) is 13.7. The van der Waals surface area contributed by atoms with Crippen molar-refractivity contribution in [1.82, 2.24) is 14.8 Å². The third-order valence-corrected chi connectivity index (χ3v) is 3.90. The summed E-state index contributed by atoms with van der Waals surface area (Å²) in [6.45, 7) is 4.05. The molecule has 3 aromatic rings. The first-order chi connectivity index (χ1) is 11.6. The molecule has 0 fully saturated rings. The van der Waals surface area contributed by atoms with E-state index in [-0.39, 0.29) is 5.56 Å². The lowest BCUT2D eigenvalue weighted by molar-refractivity contribution is 0.0696. The molecule has 0 aliphatic carbocycles. The molecule has 5 heteroatoms. The molecule has 0 bridgehead atoms. The van der Waals surface area contributed by atoms with Gasteiger partial charge in [-0.1, -0.05) is 31.0 Å². The Morgan fingerprint density at radius 3 is 2.54 bits per heavy atom. The van der Waals surface area contributed by atoms with Crippen LogP contribution in [0.1, 0.15) is 35.0 Å². The van der Waals surface area contributed by atoms with Crippen molar-refractivity contribution in [2.75, 3.05) is 0 Å². The maximum absolute atomic E-state index is 11.9. The zero-order valence-corrected chi connectivity index (χ0v) is 13.7. The van der Waals surface area contributed by atoms with Crippen molar-refractivity contribution in [3.05, 3.63) is 65.6 Å². The fraction of sp³-hybridized carbons (Fsp3) is 0.211. The monoisotopic (exact) mass is 321 g/mol. The van der Waals surface area contributed by atoms with Crippen molar-refractivity contribution in [3.8, 4) is 16.9 Å². The van der Waals surface area contributed by atoms with Gasteiger partial charge in [0.25, 0.3) is 0 Å². The highest BCUT2D eigenvalue weighted by Gasteiger charge is 2.24. The number of carbonyl (C=O) groups is 1. The summed E-state index contributed by atoms with van der Waals surface area (Å²) in [5.41, 5.74) is 4.14. The van der Waals surface area contributed by atoms with Crippen LogP contribution >= 0.6 is 0 Å². The number of carboxylic acid groups (broad SMARTS) is 1. The van der Waals surface area contributed by atoms with Gasteiger partial charge in [-0.3, -0.25) is 4.98 Å². The normalized spacial score (nSPS) is 10.8. The van der Waals surface area contributed by atoms with Crippen LogP contribution < -0.4 is 0 Å². The van der Waals surface area contributed by atoms with Crippen LogP contribution in [0.4, 0.5) is 0 Å². The smallest absolute Gasteiger partial charge is 0.339 e. The third kappa shape index (κ3) is 2.93. The van der Waals surface area contributed by atoms with Crippen molar-refractivity contribution in [1.29, 1.82) is 0 Å². The molecule has 0 spiro atoms. The number of rotatable bonds is 5. The number of aryl methyl sites for hydroxylation is 1. The largest absolute Gasteiger partial charge is 0.478 e. The molecular weight excluding hydrogens is 302 g/mol. The standard InChI is InChI=1S/C19H19N3O2/c1-3-5-16-17(19(23)24)18(14-6-4-11-20-12-14)21-22(16)15-9-7-13(2)8-10-15/h4,6-12H,3,5H2,1-2H3,(H,23,24). The Balaban J connectivity index is 2.25. The number of carboxylic acids is 1. The van der Waals surface area contributed by atoms with Gasteiger partial charge >= 0.3 is 5.97 Å². The van der Waals surface area contributed by atoms with Gasteiger partial charge in [-0.2, -0.15) is 5.10 Å². The molecule has 0 saturated carbocycles. The van der Waals surface area contributed by atoms with E-state index in [0.29, 0.717) is 23.4 Å². The second-order valence-corrected chi connectivity index (χ2v) is 5.71. The Bertz CT molecular complexity index is 852. The Labute approximate surface area is 140 Å². The van der Waals surface area contributed by atoms with E-state index in [2.05, 4.69) is 10.1 Å². The Hall–Kier alpha value is -2.95. The highest BCUT2D eigenvalue weighted by Crippen LogP contribution is 2.28. The lowest BCUT2D eigenvalue weighted by atomic mass is 10.1. The van der Waals surface area contributed by atoms with Gasteiger partial charge in [-0.15, -0.1) is 0 Å². The van der Waals surface area contributed by atoms with Crippen LogP contribution in [0.5, 0.6) is 0 Å². The van der Waals surface area contributed by atoms with Gasteiger partial charge in [0.2, 0.25) is 0 Å². The predicted octanol–water partition coefficient (Wildman–Crippen LogP) is 3.89. The number of hydrogen-bond donors (Lipinski definition) is 1. The SMILES string of the molecule is CCCc1c(C(=O)O)c(-c2cccnc2)nn1-c1ccc(C)cc1. The predicted molar refractivity (Wildman–Crippen MR) is 92.5 cm³/mol. The fourth-order valence-electron chi connectivity index (χ4n) is 2.75. The molecule has 3 rings (SSSR count). The van der Waals surface area contributed by atoms with Crippen LogP contribution in [0, 0.1) is 6.92 Å². The Morgan fingerprint density at radius 1 is 1.21 bits per heavy atom. The number of aromatic nitrogens is 3. The first-order valence-electron chi connectivity index (χ1n) is 7.94. The van der Waals surface area contributed by atoms with Crippen LogP contribution in [-0.4, -0.2) is 25.8 Å². The molecule has 122 valence electrons. The molecule has 1 N–H and O–H groups in total. The van der Waals surface area contributed by atoms with Crippen LogP contribution in [0.2, 0.25) is 0 Å². The number of benzene rings is 1. The van der Waals surface area contributed by atoms with E-state index >= 15 is 0 Å². The fourth-order valence-corrected chi connectivity index (χ4v) is 2.75. The van der Waals surface area contributed by atoms with E-state index in [1.165, 1.54) is 0 Å². The summed E-state index contributed by atoms with van der Waals surface area (Å²) in [6.07, 6.45) is 4.78. The zero-order chi connectivity index (χ0) is 17.1. The summed E-state index contributed by atoms with van der Waals surface area (Å²) >= 11 is 0. The van der Waals surface area contributed by atoms with Crippen LogP contribution in [-0.2, 0) is 6.42 Å². The Kier molecular flexibility index (Phi) is 4.42. The minimum absolute atomic E-state index is 0.255. The van der Waals surface area contributed by atoms with Gasteiger partial charge in [0.05, 0.1) is 11.4 Å². The summed E-state index contributed by atoms with van der Waals surface area (Å²) in [5.74, 6) is -0.962. The van der Waals surface area contributed by atoms with Gasteiger partial charge in [-0.05, 0) is 37.6 Å². The molecule has 24 heavy (non-hydrogen) atoms. The van der Waals surface area contributed by atoms with Gasteiger partial charge < -0.3 is 5.11 Å². The second kappa shape index (κ2) is 6.66. The van der Waals surface area contributed by atoms with E-state index in [1.807, 2.05) is 44.2 Å². The minimum Gasteiger partial charge on any atom is -0.478 e. The second-order valence-electron chi connectivity index (χ2n) is 5.71. The lowest BCUT2D eigenvalue weighted by Gasteiger charge is -2.07. The minimum atomic E-state index is -0.962. The number of pyridine rings is 1. The molecular formula is C19H19N3O2. The molecule has 0 unspecified atom stereocenters. The number of nitrogens with zero attached hydrogens (tertiary/aromatic N) is 3. The van der Waals surface area contributed by atoms with Crippen LogP contribution in [0.15, 0.2) is 48.8 Å². The average molecular weight is 321 g/mol. The molecule has 2 heterocycles. The van der Waals surface area contributed by atoms with E-state index in [9.17, 15) is 9.90 Å². The highest BCUT2D eigenvalue weighted by atomic mass is 16.4. The van der Waals surface area contributed by atoms with E-state index in [4.69, 9.17) is 0 Å². The lowest BCUT2D eigenvalue weighted by Crippen LogP contribution is -2.06. The molecule has 0 aliphatic heterocycles. The van der Waals surface area contributed by atoms with Gasteiger partial charge in [0.1, 0.15) is 11.3 Å². The third-order valence-electron chi connectivity index (χ3n) is 3.90. The molecule has 5 nitrogen and oxygen atoms in total.